The van der Waals surface area contributed by atoms with Crippen molar-refractivity contribution in [1.29, 1.82) is 0 Å². The minimum Gasteiger partial charge on any atom is -0.352 e. The van der Waals surface area contributed by atoms with Crippen LogP contribution in [0.5, 0.6) is 0 Å². The van der Waals surface area contributed by atoms with Crippen LogP contribution in [0.4, 0.5) is 11.5 Å². The van der Waals surface area contributed by atoms with E-state index in [1.54, 1.807) is 18.3 Å². The molecule has 3 aromatic rings. The van der Waals surface area contributed by atoms with E-state index in [0.29, 0.717) is 24.5 Å². The van der Waals surface area contributed by atoms with Crippen LogP contribution in [0.1, 0.15) is 5.56 Å². The largest absolute Gasteiger partial charge is 0.352 e. The van der Waals surface area contributed by atoms with Crippen molar-refractivity contribution in [1.82, 2.24) is 14.5 Å². The van der Waals surface area contributed by atoms with E-state index in [1.165, 1.54) is 16.4 Å². The lowest BCUT2D eigenvalue weighted by Crippen LogP contribution is -2.49. The Hall–Kier alpha value is -2.89. The zero-order valence-corrected chi connectivity index (χ0v) is 17.8. The molecule has 1 aromatic carbocycles. The number of nitro groups is 1. The van der Waals surface area contributed by atoms with Gasteiger partial charge in [0.1, 0.15) is 5.69 Å². The number of rotatable bonds is 5. The van der Waals surface area contributed by atoms with Crippen molar-refractivity contribution in [3.8, 4) is 10.6 Å². The van der Waals surface area contributed by atoms with Crippen LogP contribution in [0.2, 0.25) is 0 Å². The topological polar surface area (TPSA) is 110 Å². The van der Waals surface area contributed by atoms with Crippen LogP contribution >= 0.6 is 11.3 Å². The molecule has 2 aromatic heterocycles. The fourth-order valence-electron chi connectivity index (χ4n) is 3.33. The Labute approximate surface area is 177 Å². The Morgan fingerprint density at radius 2 is 1.83 bits per heavy atom. The lowest BCUT2D eigenvalue weighted by atomic mass is 10.2. The van der Waals surface area contributed by atoms with Gasteiger partial charge in [-0.15, -0.1) is 21.5 Å². The third-order valence-electron chi connectivity index (χ3n) is 4.99. The highest BCUT2D eigenvalue weighted by molar-refractivity contribution is 7.89. The molecule has 1 aliphatic rings. The first-order valence-corrected chi connectivity index (χ1v) is 11.6. The first-order chi connectivity index (χ1) is 14.4. The molecule has 156 valence electrons. The van der Waals surface area contributed by atoms with Crippen LogP contribution < -0.4 is 4.90 Å². The SMILES string of the molecule is Cc1ccc([N+](=O)[O-])cc1S(=O)(=O)N1CCN(c2ccc(-c3cccs3)nn2)CC1. The number of aryl methyl sites for hydroxylation is 1. The molecule has 0 saturated carbocycles. The van der Waals surface area contributed by atoms with Gasteiger partial charge in [0.2, 0.25) is 10.0 Å². The Morgan fingerprint density at radius 1 is 1.07 bits per heavy atom. The van der Waals surface area contributed by atoms with E-state index in [9.17, 15) is 18.5 Å². The Balaban J connectivity index is 1.48. The van der Waals surface area contributed by atoms with Crippen LogP contribution in [0.15, 0.2) is 52.7 Å². The van der Waals surface area contributed by atoms with Crippen molar-refractivity contribution >= 4 is 32.9 Å². The lowest BCUT2D eigenvalue weighted by molar-refractivity contribution is -0.385. The predicted molar refractivity (Wildman–Crippen MR) is 114 cm³/mol. The summed E-state index contributed by atoms with van der Waals surface area (Å²) in [5.41, 5.74) is 1.05. The minimum atomic E-state index is -3.82. The van der Waals surface area contributed by atoms with E-state index >= 15 is 0 Å². The number of benzene rings is 1. The highest BCUT2D eigenvalue weighted by Crippen LogP contribution is 2.27. The lowest BCUT2D eigenvalue weighted by Gasteiger charge is -2.34. The summed E-state index contributed by atoms with van der Waals surface area (Å²) >= 11 is 1.59. The number of non-ortho nitro benzene ring substituents is 1. The number of sulfonamides is 1. The third-order valence-corrected chi connectivity index (χ3v) is 7.92. The first-order valence-electron chi connectivity index (χ1n) is 9.24. The molecule has 0 bridgehead atoms. The van der Waals surface area contributed by atoms with Gasteiger partial charge in [0.05, 0.1) is 14.7 Å². The monoisotopic (exact) mass is 445 g/mol. The molecule has 0 radical (unpaired) electrons. The Morgan fingerprint density at radius 3 is 2.43 bits per heavy atom. The number of thiophene rings is 1. The van der Waals surface area contributed by atoms with E-state index in [1.807, 2.05) is 34.5 Å². The molecule has 1 aliphatic heterocycles. The summed E-state index contributed by atoms with van der Waals surface area (Å²) in [6, 6.07) is 11.6. The first kappa shape index (κ1) is 20.4. The van der Waals surface area contributed by atoms with Crippen LogP contribution in [0.25, 0.3) is 10.6 Å². The van der Waals surface area contributed by atoms with Gasteiger partial charge in [-0.25, -0.2) is 8.42 Å². The summed E-state index contributed by atoms with van der Waals surface area (Å²) in [6.07, 6.45) is 0. The summed E-state index contributed by atoms with van der Waals surface area (Å²) in [4.78, 5) is 13.5. The van der Waals surface area contributed by atoms with Gasteiger partial charge < -0.3 is 4.90 Å². The van der Waals surface area contributed by atoms with Crippen LogP contribution in [0.3, 0.4) is 0 Å². The molecule has 11 heteroatoms. The van der Waals surface area contributed by atoms with Crippen molar-refractivity contribution < 1.29 is 13.3 Å². The van der Waals surface area contributed by atoms with E-state index in [-0.39, 0.29) is 23.7 Å². The molecular weight excluding hydrogens is 426 g/mol. The smallest absolute Gasteiger partial charge is 0.270 e. The van der Waals surface area contributed by atoms with Gasteiger partial charge >= 0.3 is 0 Å². The molecule has 4 rings (SSSR count). The van der Waals surface area contributed by atoms with Crippen LogP contribution in [-0.2, 0) is 10.0 Å². The van der Waals surface area contributed by atoms with Gasteiger partial charge in [0.25, 0.3) is 5.69 Å². The average Bonchev–Trinajstić information content (AvgIpc) is 3.29. The van der Waals surface area contributed by atoms with Crippen molar-refractivity contribution in [2.24, 2.45) is 0 Å². The maximum absolute atomic E-state index is 13.1. The molecule has 30 heavy (non-hydrogen) atoms. The third kappa shape index (κ3) is 3.91. The maximum Gasteiger partial charge on any atom is 0.270 e. The zero-order valence-electron chi connectivity index (χ0n) is 16.1. The molecule has 1 fully saturated rings. The van der Waals surface area contributed by atoms with Crippen molar-refractivity contribution in [3.05, 3.63) is 63.5 Å². The molecule has 0 aliphatic carbocycles. The quantitative estimate of drug-likeness (QED) is 0.439. The van der Waals surface area contributed by atoms with Gasteiger partial charge in [-0.1, -0.05) is 12.1 Å². The highest BCUT2D eigenvalue weighted by Gasteiger charge is 2.31. The molecule has 9 nitrogen and oxygen atoms in total. The van der Waals surface area contributed by atoms with Gasteiger partial charge in [0, 0.05) is 38.3 Å². The summed E-state index contributed by atoms with van der Waals surface area (Å²) in [5, 5.41) is 21.6. The average molecular weight is 446 g/mol. The minimum absolute atomic E-state index is 0.0229. The molecule has 0 spiro atoms. The second-order valence-corrected chi connectivity index (χ2v) is 9.71. The van der Waals surface area contributed by atoms with Crippen molar-refractivity contribution in [2.45, 2.75) is 11.8 Å². The number of nitro benzene ring substituents is 1. The molecular formula is C19H19N5O4S2. The van der Waals surface area contributed by atoms with Gasteiger partial charge in [-0.05, 0) is 36.1 Å². The number of hydrogen-bond acceptors (Lipinski definition) is 8. The van der Waals surface area contributed by atoms with Gasteiger partial charge in [-0.3, -0.25) is 10.1 Å². The molecule has 3 heterocycles. The van der Waals surface area contributed by atoms with Gasteiger partial charge in [-0.2, -0.15) is 4.31 Å². The standard InChI is InChI=1S/C19H19N5O4S2/c1-14-4-5-15(24(25)26)13-18(14)30(27,28)23-10-8-22(9-11-23)19-7-6-16(20-21-19)17-3-2-12-29-17/h2-7,12-13H,8-11H2,1H3. The Kier molecular flexibility index (Phi) is 5.50. The van der Waals surface area contributed by atoms with E-state index < -0.39 is 14.9 Å². The van der Waals surface area contributed by atoms with E-state index in [4.69, 9.17) is 0 Å². The zero-order chi connectivity index (χ0) is 21.3. The van der Waals surface area contributed by atoms with Crippen molar-refractivity contribution in [2.75, 3.05) is 31.1 Å². The summed E-state index contributed by atoms with van der Waals surface area (Å²) in [6.45, 7) is 3.08. The second kappa shape index (κ2) is 8.09. The fourth-order valence-corrected chi connectivity index (χ4v) is 5.68. The maximum atomic E-state index is 13.1. The molecule has 0 N–H and O–H groups in total. The summed E-state index contributed by atoms with van der Waals surface area (Å²) in [7, 11) is -3.82. The Bertz CT molecular complexity index is 1160. The second-order valence-electron chi connectivity index (χ2n) is 6.85. The molecule has 0 atom stereocenters. The fraction of sp³-hybridized carbons (Fsp3) is 0.263. The van der Waals surface area contributed by atoms with E-state index in [2.05, 4.69) is 10.2 Å². The number of nitrogens with zero attached hydrogens (tertiary/aromatic N) is 5. The number of hydrogen-bond donors (Lipinski definition) is 0. The normalized spacial score (nSPS) is 15.3. The molecule has 0 unspecified atom stereocenters. The van der Waals surface area contributed by atoms with Crippen molar-refractivity contribution in [3.63, 3.8) is 0 Å². The molecule has 1 saturated heterocycles. The van der Waals surface area contributed by atoms with Gasteiger partial charge in [0.15, 0.2) is 5.82 Å². The predicted octanol–water partition coefficient (Wildman–Crippen LogP) is 2.93. The van der Waals surface area contributed by atoms with Crippen LogP contribution in [-0.4, -0.2) is 54.0 Å². The highest BCUT2D eigenvalue weighted by atomic mass is 32.2. The number of aromatic nitrogens is 2. The summed E-state index contributed by atoms with van der Waals surface area (Å²) < 4.78 is 27.5. The van der Waals surface area contributed by atoms with E-state index in [0.717, 1.165) is 16.6 Å². The summed E-state index contributed by atoms with van der Waals surface area (Å²) in [5.74, 6) is 0.693. The molecule has 0 amide bonds. The number of piperazine rings is 1. The van der Waals surface area contributed by atoms with Crippen LogP contribution in [0, 0.1) is 17.0 Å². The number of anilines is 1.